The van der Waals surface area contributed by atoms with E-state index in [-0.39, 0.29) is 11.5 Å². The van der Waals surface area contributed by atoms with Crippen LogP contribution in [0.3, 0.4) is 0 Å². The smallest absolute Gasteiger partial charge is 0.254 e. The van der Waals surface area contributed by atoms with Crippen molar-refractivity contribution in [2.45, 2.75) is 26.2 Å². The Hall–Kier alpha value is -1.91. The van der Waals surface area contributed by atoms with E-state index in [1.165, 1.54) is 6.07 Å². The Morgan fingerprint density at radius 3 is 2.95 bits per heavy atom. The maximum Gasteiger partial charge on any atom is 0.254 e. The van der Waals surface area contributed by atoms with Crippen molar-refractivity contribution < 1.29 is 14.0 Å². The average molecular weight is 278 g/mol. The van der Waals surface area contributed by atoms with E-state index < -0.39 is 11.7 Å². The van der Waals surface area contributed by atoms with Gasteiger partial charge in [0.1, 0.15) is 5.82 Å². The third-order valence-electron chi connectivity index (χ3n) is 3.50. The van der Waals surface area contributed by atoms with E-state index in [4.69, 9.17) is 0 Å². The summed E-state index contributed by atoms with van der Waals surface area (Å²) in [6.07, 6.45) is 2.23. The highest BCUT2D eigenvalue weighted by molar-refractivity contribution is 5.94. The number of nitrogens with one attached hydrogen (secondary N) is 1. The first-order chi connectivity index (χ1) is 9.59. The molecule has 20 heavy (non-hydrogen) atoms. The van der Waals surface area contributed by atoms with Crippen LogP contribution >= 0.6 is 0 Å². The summed E-state index contributed by atoms with van der Waals surface area (Å²) in [5.74, 6) is -0.695. The maximum absolute atomic E-state index is 13.7. The third-order valence-corrected chi connectivity index (χ3v) is 3.50. The topological polar surface area (TPSA) is 49.4 Å². The van der Waals surface area contributed by atoms with Crippen molar-refractivity contribution in [2.75, 3.05) is 19.6 Å². The van der Waals surface area contributed by atoms with E-state index in [1.54, 1.807) is 24.0 Å². The molecule has 0 atom stereocenters. The molecule has 0 spiro atoms. The molecule has 0 bridgehead atoms. The summed E-state index contributed by atoms with van der Waals surface area (Å²) in [7, 11) is 0. The molecule has 0 radical (unpaired) electrons. The second-order valence-corrected chi connectivity index (χ2v) is 5.03. The SMILES string of the molecule is Cc1cccc(C(=O)NCCCN2CCCC2=O)c1F. The molecule has 1 N–H and O–H groups in total. The Morgan fingerprint density at radius 1 is 1.45 bits per heavy atom. The molecule has 108 valence electrons. The van der Waals surface area contributed by atoms with Crippen molar-refractivity contribution in [3.63, 3.8) is 0 Å². The Kier molecular flexibility index (Phi) is 4.71. The van der Waals surface area contributed by atoms with E-state index in [9.17, 15) is 14.0 Å². The van der Waals surface area contributed by atoms with Gasteiger partial charge in [-0.25, -0.2) is 4.39 Å². The monoisotopic (exact) mass is 278 g/mol. The minimum absolute atomic E-state index is 0.0715. The molecule has 0 aliphatic carbocycles. The molecule has 2 amide bonds. The number of hydrogen-bond acceptors (Lipinski definition) is 2. The molecule has 0 unspecified atom stereocenters. The van der Waals surface area contributed by atoms with Crippen LogP contribution in [0.2, 0.25) is 0 Å². The molecular weight excluding hydrogens is 259 g/mol. The van der Waals surface area contributed by atoms with E-state index in [1.807, 2.05) is 0 Å². The standard InChI is InChI=1S/C15H19FN2O2/c1-11-5-2-6-12(14(11)16)15(20)17-8-4-10-18-9-3-7-13(18)19/h2,5-6H,3-4,7-10H2,1H3,(H,17,20). The Labute approximate surface area is 118 Å². The highest BCUT2D eigenvalue weighted by Gasteiger charge is 2.19. The second-order valence-electron chi connectivity index (χ2n) is 5.03. The number of likely N-dealkylation sites (tertiary alicyclic amines) is 1. The molecular formula is C15H19FN2O2. The zero-order chi connectivity index (χ0) is 14.5. The molecule has 1 aromatic carbocycles. The van der Waals surface area contributed by atoms with Gasteiger partial charge in [0.05, 0.1) is 5.56 Å². The van der Waals surface area contributed by atoms with Crippen LogP contribution in [0.25, 0.3) is 0 Å². The normalized spacial score (nSPS) is 14.7. The van der Waals surface area contributed by atoms with Gasteiger partial charge in [0.25, 0.3) is 5.91 Å². The van der Waals surface area contributed by atoms with Crippen LogP contribution in [-0.4, -0.2) is 36.3 Å². The largest absolute Gasteiger partial charge is 0.352 e. The van der Waals surface area contributed by atoms with Crippen LogP contribution < -0.4 is 5.32 Å². The molecule has 5 heteroatoms. The summed E-state index contributed by atoms with van der Waals surface area (Å²) in [6, 6.07) is 4.77. The maximum atomic E-state index is 13.7. The predicted octanol–water partition coefficient (Wildman–Crippen LogP) is 1.88. The van der Waals surface area contributed by atoms with Gasteiger partial charge in [0.2, 0.25) is 5.91 Å². The van der Waals surface area contributed by atoms with Crippen LogP contribution in [-0.2, 0) is 4.79 Å². The van der Waals surface area contributed by atoms with Crippen molar-refractivity contribution in [1.82, 2.24) is 10.2 Å². The molecule has 4 nitrogen and oxygen atoms in total. The molecule has 2 rings (SSSR count). The summed E-state index contributed by atoms with van der Waals surface area (Å²) >= 11 is 0. The lowest BCUT2D eigenvalue weighted by Gasteiger charge is -2.15. The fourth-order valence-electron chi connectivity index (χ4n) is 2.33. The van der Waals surface area contributed by atoms with Crippen molar-refractivity contribution in [3.05, 3.63) is 35.1 Å². The molecule has 1 fully saturated rings. The van der Waals surface area contributed by atoms with E-state index in [0.29, 0.717) is 31.5 Å². The van der Waals surface area contributed by atoms with Gasteiger partial charge in [0, 0.05) is 26.1 Å². The summed E-state index contributed by atoms with van der Waals surface area (Å²) in [4.78, 5) is 25.0. The number of aryl methyl sites for hydroxylation is 1. The van der Waals surface area contributed by atoms with Gasteiger partial charge in [-0.3, -0.25) is 9.59 Å². The zero-order valence-electron chi connectivity index (χ0n) is 11.6. The van der Waals surface area contributed by atoms with E-state index >= 15 is 0 Å². The van der Waals surface area contributed by atoms with Crippen LogP contribution in [0.4, 0.5) is 4.39 Å². The number of benzene rings is 1. The minimum atomic E-state index is -0.472. The highest BCUT2D eigenvalue weighted by atomic mass is 19.1. The van der Waals surface area contributed by atoms with Crippen molar-refractivity contribution in [1.29, 1.82) is 0 Å². The Balaban J connectivity index is 1.78. The van der Waals surface area contributed by atoms with E-state index in [2.05, 4.69) is 5.32 Å². The lowest BCUT2D eigenvalue weighted by Crippen LogP contribution is -2.31. The Bertz CT molecular complexity index is 517. The molecule has 1 aromatic rings. The fourth-order valence-corrected chi connectivity index (χ4v) is 2.33. The number of carbonyl (C=O) groups excluding carboxylic acids is 2. The fraction of sp³-hybridized carbons (Fsp3) is 0.467. The van der Waals surface area contributed by atoms with Crippen molar-refractivity contribution in [3.8, 4) is 0 Å². The molecule has 0 aromatic heterocycles. The number of halogens is 1. The summed E-state index contributed by atoms with van der Waals surface area (Å²) in [6.45, 7) is 3.52. The number of rotatable bonds is 5. The van der Waals surface area contributed by atoms with Crippen LogP contribution in [0.5, 0.6) is 0 Å². The lowest BCUT2D eigenvalue weighted by atomic mass is 10.1. The van der Waals surface area contributed by atoms with Gasteiger partial charge in [0.15, 0.2) is 0 Å². The zero-order valence-corrected chi connectivity index (χ0v) is 11.6. The predicted molar refractivity (Wildman–Crippen MR) is 73.9 cm³/mol. The van der Waals surface area contributed by atoms with Gasteiger partial charge in [-0.1, -0.05) is 12.1 Å². The van der Waals surface area contributed by atoms with Gasteiger partial charge in [-0.2, -0.15) is 0 Å². The Morgan fingerprint density at radius 2 is 2.25 bits per heavy atom. The van der Waals surface area contributed by atoms with Crippen molar-refractivity contribution >= 4 is 11.8 Å². The first kappa shape index (κ1) is 14.5. The quantitative estimate of drug-likeness (QED) is 0.836. The van der Waals surface area contributed by atoms with Crippen LogP contribution in [0.1, 0.15) is 35.2 Å². The average Bonchev–Trinajstić information content (AvgIpc) is 2.83. The minimum Gasteiger partial charge on any atom is -0.352 e. The second kappa shape index (κ2) is 6.50. The summed E-state index contributed by atoms with van der Waals surface area (Å²) < 4.78 is 13.7. The first-order valence-electron chi connectivity index (χ1n) is 6.90. The molecule has 1 aliphatic rings. The van der Waals surface area contributed by atoms with Gasteiger partial charge in [-0.15, -0.1) is 0 Å². The summed E-state index contributed by atoms with van der Waals surface area (Å²) in [5.41, 5.74) is 0.530. The van der Waals surface area contributed by atoms with Crippen molar-refractivity contribution in [2.24, 2.45) is 0 Å². The van der Waals surface area contributed by atoms with E-state index in [0.717, 1.165) is 13.0 Å². The first-order valence-corrected chi connectivity index (χ1v) is 6.90. The highest BCUT2D eigenvalue weighted by Crippen LogP contribution is 2.12. The van der Waals surface area contributed by atoms with Crippen LogP contribution in [0.15, 0.2) is 18.2 Å². The molecule has 1 saturated heterocycles. The number of hydrogen-bond donors (Lipinski definition) is 1. The molecule has 1 heterocycles. The third kappa shape index (κ3) is 3.35. The molecule has 1 aliphatic heterocycles. The van der Waals surface area contributed by atoms with Gasteiger partial charge >= 0.3 is 0 Å². The van der Waals surface area contributed by atoms with Gasteiger partial charge < -0.3 is 10.2 Å². The number of amides is 2. The molecule has 0 saturated carbocycles. The van der Waals surface area contributed by atoms with Gasteiger partial charge in [-0.05, 0) is 31.4 Å². The number of nitrogens with zero attached hydrogens (tertiary/aromatic N) is 1. The number of carbonyl (C=O) groups is 2. The summed E-state index contributed by atoms with van der Waals surface area (Å²) in [5, 5.41) is 2.69. The lowest BCUT2D eigenvalue weighted by molar-refractivity contribution is -0.127. The van der Waals surface area contributed by atoms with Crippen LogP contribution in [0, 0.1) is 12.7 Å².